The van der Waals surface area contributed by atoms with Crippen molar-refractivity contribution in [1.29, 1.82) is 0 Å². The summed E-state index contributed by atoms with van der Waals surface area (Å²) in [5, 5.41) is 10.6. The summed E-state index contributed by atoms with van der Waals surface area (Å²) in [6.45, 7) is 1.97. The second-order valence-corrected chi connectivity index (χ2v) is 6.41. The van der Waals surface area contributed by atoms with E-state index in [1.807, 2.05) is 43.3 Å². The van der Waals surface area contributed by atoms with E-state index in [2.05, 4.69) is 25.7 Å². The summed E-state index contributed by atoms with van der Waals surface area (Å²) in [6.07, 6.45) is 4.96. The highest BCUT2D eigenvalue weighted by molar-refractivity contribution is 5.95. The summed E-state index contributed by atoms with van der Waals surface area (Å²) in [5.41, 5.74) is 1.53. The van der Waals surface area contributed by atoms with Crippen molar-refractivity contribution in [2.45, 2.75) is 19.0 Å². The number of nitrogens with one attached hydrogen (secondary N) is 2. The van der Waals surface area contributed by atoms with E-state index in [0.717, 1.165) is 5.56 Å². The molecule has 8 nitrogen and oxygen atoms in total. The molecule has 0 spiro atoms. The van der Waals surface area contributed by atoms with Crippen molar-refractivity contribution < 1.29 is 9.53 Å². The molecule has 0 fully saturated rings. The number of fused-ring (bicyclic) bond motifs is 1. The number of carbonyl (C=O) groups excluding carboxylic acids is 1. The van der Waals surface area contributed by atoms with Crippen molar-refractivity contribution in [1.82, 2.24) is 19.7 Å². The monoisotopic (exact) mass is 364 g/mol. The minimum atomic E-state index is -0.423. The van der Waals surface area contributed by atoms with Gasteiger partial charge >= 0.3 is 0 Å². The lowest BCUT2D eigenvalue weighted by Gasteiger charge is -2.36. The first kappa shape index (κ1) is 17.0. The number of para-hydroxylation sites is 2. The van der Waals surface area contributed by atoms with E-state index in [1.54, 1.807) is 24.2 Å². The number of hydrogen-bond acceptors (Lipinski definition) is 6. The van der Waals surface area contributed by atoms with Gasteiger partial charge in [0.05, 0.1) is 24.8 Å². The molecule has 3 atom stereocenters. The predicted octanol–water partition coefficient (Wildman–Crippen LogP) is 2.34. The highest BCUT2D eigenvalue weighted by Gasteiger charge is 2.41. The van der Waals surface area contributed by atoms with Crippen LogP contribution >= 0.6 is 0 Å². The Bertz CT molecular complexity index is 942. The van der Waals surface area contributed by atoms with E-state index in [9.17, 15) is 4.79 Å². The number of hydrogen-bond donors (Lipinski definition) is 2. The minimum Gasteiger partial charge on any atom is -0.495 e. The number of nitrogens with zero attached hydrogens (tertiary/aromatic N) is 4. The van der Waals surface area contributed by atoms with Gasteiger partial charge in [-0.3, -0.25) is 9.78 Å². The lowest BCUT2D eigenvalue weighted by Crippen LogP contribution is -2.46. The van der Waals surface area contributed by atoms with Gasteiger partial charge in [-0.2, -0.15) is 10.1 Å². The predicted molar refractivity (Wildman–Crippen MR) is 101 cm³/mol. The Balaban J connectivity index is 1.72. The molecule has 2 N–H and O–H groups in total. The summed E-state index contributed by atoms with van der Waals surface area (Å²) in [7, 11) is 1.58. The minimum absolute atomic E-state index is 0.130. The summed E-state index contributed by atoms with van der Waals surface area (Å²) >= 11 is 0. The number of rotatable bonds is 4. The van der Waals surface area contributed by atoms with Crippen molar-refractivity contribution >= 4 is 17.5 Å². The van der Waals surface area contributed by atoms with E-state index >= 15 is 0 Å². The molecule has 4 rings (SSSR count). The highest BCUT2D eigenvalue weighted by Crippen LogP contribution is 2.36. The zero-order valence-electron chi connectivity index (χ0n) is 15.0. The molecule has 1 aromatic carbocycles. The molecule has 2 aromatic heterocycles. The maximum Gasteiger partial charge on any atom is 0.232 e. The Hall–Kier alpha value is -3.42. The van der Waals surface area contributed by atoms with Crippen LogP contribution in [0.4, 0.5) is 11.6 Å². The van der Waals surface area contributed by atoms with Crippen LogP contribution < -0.4 is 15.4 Å². The normalized spacial score (nSPS) is 21.0. The first-order valence-corrected chi connectivity index (χ1v) is 8.69. The molecule has 1 aliphatic rings. The molecule has 0 radical (unpaired) electrons. The Morgan fingerprint density at radius 1 is 1.26 bits per heavy atom. The zero-order valence-corrected chi connectivity index (χ0v) is 15.0. The summed E-state index contributed by atoms with van der Waals surface area (Å²) in [4.78, 5) is 21.7. The van der Waals surface area contributed by atoms with Gasteiger partial charge in [0.25, 0.3) is 0 Å². The van der Waals surface area contributed by atoms with Gasteiger partial charge in [0.2, 0.25) is 11.9 Å². The standard InChI is InChI=1S/C19H20N6O2/c1-12-16(18(26)24-14-7-3-4-8-15(14)27-2)17(13-6-5-9-20-10-13)25-19(23-12)21-11-22-25/h3-12,16-17H,1-2H3,(H,24,26)(H,21,22,23)/t12-,16+,17+/m0/s1. The number of anilines is 2. The molecule has 0 unspecified atom stereocenters. The van der Waals surface area contributed by atoms with Gasteiger partial charge < -0.3 is 15.4 Å². The lowest BCUT2D eigenvalue weighted by molar-refractivity contribution is -0.121. The van der Waals surface area contributed by atoms with Gasteiger partial charge in [0, 0.05) is 18.4 Å². The fourth-order valence-corrected chi connectivity index (χ4v) is 3.51. The second kappa shape index (κ2) is 7.06. The van der Waals surface area contributed by atoms with Crippen LogP contribution in [0, 0.1) is 5.92 Å². The van der Waals surface area contributed by atoms with E-state index in [-0.39, 0.29) is 18.0 Å². The number of amides is 1. The molecule has 27 heavy (non-hydrogen) atoms. The lowest BCUT2D eigenvalue weighted by atomic mass is 9.86. The van der Waals surface area contributed by atoms with E-state index in [4.69, 9.17) is 4.74 Å². The van der Waals surface area contributed by atoms with Crippen LogP contribution in [0.15, 0.2) is 55.1 Å². The zero-order chi connectivity index (χ0) is 18.8. The average molecular weight is 364 g/mol. The fraction of sp³-hybridized carbons (Fsp3) is 0.263. The first-order chi connectivity index (χ1) is 13.2. The topological polar surface area (TPSA) is 94.0 Å². The van der Waals surface area contributed by atoms with Crippen molar-refractivity contribution in [3.63, 3.8) is 0 Å². The SMILES string of the molecule is COc1ccccc1NC(=O)[C@@H]1[C@H](C)Nc2ncnn2[C@@H]1c1cccnc1. The number of benzene rings is 1. The average Bonchev–Trinajstić information content (AvgIpc) is 3.15. The quantitative estimate of drug-likeness (QED) is 0.738. The van der Waals surface area contributed by atoms with Crippen molar-refractivity contribution in [3.8, 4) is 5.75 Å². The van der Waals surface area contributed by atoms with E-state index in [1.165, 1.54) is 6.33 Å². The molecule has 0 aliphatic carbocycles. The number of aromatic nitrogens is 4. The third kappa shape index (κ3) is 3.10. The largest absolute Gasteiger partial charge is 0.495 e. The summed E-state index contributed by atoms with van der Waals surface area (Å²) in [6, 6.07) is 10.7. The Labute approximate surface area is 156 Å². The molecule has 0 bridgehead atoms. The molecule has 0 saturated carbocycles. The van der Waals surface area contributed by atoms with Gasteiger partial charge in [-0.1, -0.05) is 18.2 Å². The van der Waals surface area contributed by atoms with Gasteiger partial charge in [0.15, 0.2) is 0 Å². The van der Waals surface area contributed by atoms with Gasteiger partial charge in [-0.25, -0.2) is 4.68 Å². The van der Waals surface area contributed by atoms with Gasteiger partial charge in [0.1, 0.15) is 12.1 Å². The van der Waals surface area contributed by atoms with Crippen LogP contribution in [0.3, 0.4) is 0 Å². The van der Waals surface area contributed by atoms with Crippen LogP contribution in [0.25, 0.3) is 0 Å². The maximum atomic E-state index is 13.3. The molecule has 138 valence electrons. The van der Waals surface area contributed by atoms with Crippen LogP contribution in [0.2, 0.25) is 0 Å². The summed E-state index contributed by atoms with van der Waals surface area (Å²) < 4.78 is 7.09. The smallest absolute Gasteiger partial charge is 0.232 e. The fourth-order valence-electron chi connectivity index (χ4n) is 3.51. The molecule has 1 amide bonds. The van der Waals surface area contributed by atoms with E-state index in [0.29, 0.717) is 17.4 Å². The first-order valence-electron chi connectivity index (χ1n) is 8.69. The molecule has 3 aromatic rings. The number of ether oxygens (including phenoxy) is 1. The molecule has 8 heteroatoms. The molecule has 3 heterocycles. The van der Waals surface area contributed by atoms with Crippen molar-refractivity contribution in [2.24, 2.45) is 5.92 Å². The highest BCUT2D eigenvalue weighted by atomic mass is 16.5. The van der Waals surface area contributed by atoms with Gasteiger partial charge in [-0.05, 0) is 30.7 Å². The van der Waals surface area contributed by atoms with Gasteiger partial charge in [-0.15, -0.1) is 0 Å². The Morgan fingerprint density at radius 2 is 2.11 bits per heavy atom. The van der Waals surface area contributed by atoms with Crippen LogP contribution in [-0.2, 0) is 4.79 Å². The number of pyridine rings is 1. The molecule has 0 saturated heterocycles. The van der Waals surface area contributed by atoms with Crippen molar-refractivity contribution in [2.75, 3.05) is 17.7 Å². The third-order valence-electron chi connectivity index (χ3n) is 4.77. The Morgan fingerprint density at radius 3 is 2.89 bits per heavy atom. The second-order valence-electron chi connectivity index (χ2n) is 6.41. The van der Waals surface area contributed by atoms with Crippen LogP contribution in [0.5, 0.6) is 5.75 Å². The van der Waals surface area contributed by atoms with Crippen molar-refractivity contribution in [3.05, 3.63) is 60.7 Å². The Kier molecular flexibility index (Phi) is 4.45. The molecular weight excluding hydrogens is 344 g/mol. The van der Waals surface area contributed by atoms with E-state index < -0.39 is 5.92 Å². The molecule has 1 aliphatic heterocycles. The summed E-state index contributed by atoms with van der Waals surface area (Å²) in [5.74, 6) is 0.696. The van der Waals surface area contributed by atoms with Crippen LogP contribution in [-0.4, -0.2) is 38.8 Å². The maximum absolute atomic E-state index is 13.3. The van der Waals surface area contributed by atoms with Crippen LogP contribution in [0.1, 0.15) is 18.5 Å². The number of carbonyl (C=O) groups is 1. The molecular formula is C19H20N6O2. The third-order valence-corrected chi connectivity index (χ3v) is 4.77. The number of methoxy groups -OCH3 is 1.